The molecule has 0 saturated carbocycles. The van der Waals surface area contributed by atoms with Gasteiger partial charge in [0.15, 0.2) is 5.84 Å². The topological polar surface area (TPSA) is 58.6 Å². The van der Waals surface area contributed by atoms with E-state index in [4.69, 9.17) is 10.9 Å². The third-order valence-electron chi connectivity index (χ3n) is 1.64. The Morgan fingerprint density at radius 2 is 2.00 bits per heavy atom. The van der Waals surface area contributed by atoms with Gasteiger partial charge in [0.25, 0.3) is 0 Å². The van der Waals surface area contributed by atoms with Gasteiger partial charge in [0.2, 0.25) is 0 Å². The summed E-state index contributed by atoms with van der Waals surface area (Å²) in [6.07, 6.45) is 3.33. The van der Waals surface area contributed by atoms with E-state index in [0.29, 0.717) is 0 Å². The van der Waals surface area contributed by atoms with Gasteiger partial charge >= 0.3 is 0 Å². The molecule has 3 heteroatoms. The van der Waals surface area contributed by atoms with E-state index in [1.807, 2.05) is 31.2 Å². The van der Waals surface area contributed by atoms with E-state index in [1.54, 1.807) is 12.2 Å². The van der Waals surface area contributed by atoms with E-state index in [-0.39, 0.29) is 5.84 Å². The molecule has 0 amide bonds. The fourth-order valence-corrected chi connectivity index (χ4v) is 0.893. The summed E-state index contributed by atoms with van der Waals surface area (Å²) in [5, 5.41) is 11.1. The van der Waals surface area contributed by atoms with Gasteiger partial charge < -0.3 is 10.9 Å². The van der Waals surface area contributed by atoms with E-state index in [9.17, 15) is 0 Å². The molecule has 0 aromatic heterocycles. The molecule has 3 N–H and O–H groups in total. The van der Waals surface area contributed by atoms with Crippen molar-refractivity contribution in [3.63, 3.8) is 0 Å². The van der Waals surface area contributed by atoms with Crippen LogP contribution in [0.3, 0.4) is 0 Å². The van der Waals surface area contributed by atoms with Crippen molar-refractivity contribution < 1.29 is 5.21 Å². The Morgan fingerprint density at radius 3 is 2.54 bits per heavy atom. The number of hydrogen-bond donors (Lipinski definition) is 2. The summed E-state index contributed by atoms with van der Waals surface area (Å²) in [5.74, 6) is 0.0978. The third-order valence-corrected chi connectivity index (χ3v) is 1.64. The molecule has 0 aliphatic carbocycles. The Balaban J connectivity index is 2.75. The van der Waals surface area contributed by atoms with E-state index in [2.05, 4.69) is 5.16 Å². The third kappa shape index (κ3) is 2.99. The minimum atomic E-state index is 0.0978. The molecule has 3 nitrogen and oxygen atoms in total. The summed E-state index contributed by atoms with van der Waals surface area (Å²) in [4.78, 5) is 0. The van der Waals surface area contributed by atoms with Crippen LogP contribution in [0.5, 0.6) is 0 Å². The molecule has 0 unspecified atom stereocenters. The van der Waals surface area contributed by atoms with Crippen molar-refractivity contribution in [3.8, 4) is 0 Å². The Bertz CT molecular complexity index is 325. The van der Waals surface area contributed by atoms with Crippen LogP contribution >= 0.6 is 0 Å². The highest BCUT2D eigenvalue weighted by Gasteiger charge is 1.87. The SMILES string of the molecule is Cc1ccc(C=CC(N)=NO)cc1. The van der Waals surface area contributed by atoms with Crippen LogP contribution < -0.4 is 5.73 Å². The van der Waals surface area contributed by atoms with E-state index in [1.165, 1.54) is 5.56 Å². The van der Waals surface area contributed by atoms with Crippen molar-refractivity contribution >= 4 is 11.9 Å². The van der Waals surface area contributed by atoms with Crippen LogP contribution in [-0.4, -0.2) is 11.0 Å². The monoisotopic (exact) mass is 176 g/mol. The van der Waals surface area contributed by atoms with Crippen LogP contribution in [0.15, 0.2) is 35.5 Å². The number of hydrogen-bond acceptors (Lipinski definition) is 2. The van der Waals surface area contributed by atoms with Gasteiger partial charge in [-0.1, -0.05) is 41.1 Å². The molecular formula is C10H12N2O. The normalized spacial score (nSPS) is 12.2. The lowest BCUT2D eigenvalue weighted by atomic mass is 10.1. The number of benzene rings is 1. The lowest BCUT2D eigenvalue weighted by Crippen LogP contribution is -2.06. The average Bonchev–Trinajstić information content (AvgIpc) is 2.16. The van der Waals surface area contributed by atoms with Crippen LogP contribution in [0.4, 0.5) is 0 Å². The number of rotatable bonds is 2. The quantitative estimate of drug-likeness (QED) is 0.312. The molecule has 68 valence electrons. The first-order chi connectivity index (χ1) is 6.22. The molecule has 0 heterocycles. The molecule has 0 radical (unpaired) electrons. The second kappa shape index (κ2) is 4.30. The number of aryl methyl sites for hydroxylation is 1. The zero-order chi connectivity index (χ0) is 9.68. The predicted molar refractivity (Wildman–Crippen MR) is 53.6 cm³/mol. The van der Waals surface area contributed by atoms with E-state index >= 15 is 0 Å². The zero-order valence-corrected chi connectivity index (χ0v) is 7.44. The lowest BCUT2D eigenvalue weighted by Gasteiger charge is -1.93. The summed E-state index contributed by atoms with van der Waals surface area (Å²) < 4.78 is 0. The fraction of sp³-hybridized carbons (Fsp3) is 0.100. The van der Waals surface area contributed by atoms with E-state index < -0.39 is 0 Å². The largest absolute Gasteiger partial charge is 0.409 e. The van der Waals surface area contributed by atoms with Crippen molar-refractivity contribution in [2.45, 2.75) is 6.92 Å². The number of nitrogens with zero attached hydrogens (tertiary/aromatic N) is 1. The maximum atomic E-state index is 8.27. The maximum Gasteiger partial charge on any atom is 0.162 e. The minimum Gasteiger partial charge on any atom is -0.409 e. The molecule has 0 atom stereocenters. The highest BCUT2D eigenvalue weighted by Crippen LogP contribution is 2.04. The Hall–Kier alpha value is -1.77. The molecule has 0 aliphatic rings. The van der Waals surface area contributed by atoms with Gasteiger partial charge in [-0.05, 0) is 18.6 Å². The number of nitrogens with two attached hydrogens (primary N) is 1. The smallest absolute Gasteiger partial charge is 0.162 e. The van der Waals surface area contributed by atoms with Gasteiger partial charge in [0, 0.05) is 0 Å². The van der Waals surface area contributed by atoms with Crippen molar-refractivity contribution in [2.75, 3.05) is 0 Å². The number of oxime groups is 1. The van der Waals surface area contributed by atoms with Gasteiger partial charge in [0.05, 0.1) is 0 Å². The molecule has 0 bridgehead atoms. The van der Waals surface area contributed by atoms with Crippen LogP contribution in [0.1, 0.15) is 11.1 Å². The summed E-state index contributed by atoms with van der Waals surface area (Å²) in [7, 11) is 0. The molecule has 0 aliphatic heterocycles. The van der Waals surface area contributed by atoms with Crippen LogP contribution in [0.25, 0.3) is 6.08 Å². The van der Waals surface area contributed by atoms with Crippen molar-refractivity contribution in [2.24, 2.45) is 10.9 Å². The summed E-state index contributed by atoms with van der Waals surface area (Å²) in [6, 6.07) is 7.95. The molecule has 0 spiro atoms. The molecule has 0 fully saturated rings. The molecule has 1 rings (SSSR count). The second-order valence-corrected chi connectivity index (χ2v) is 2.77. The fourth-order valence-electron chi connectivity index (χ4n) is 0.893. The highest BCUT2D eigenvalue weighted by atomic mass is 16.4. The van der Waals surface area contributed by atoms with Crippen molar-refractivity contribution in [1.29, 1.82) is 0 Å². The van der Waals surface area contributed by atoms with Crippen LogP contribution in [0.2, 0.25) is 0 Å². The number of amidine groups is 1. The van der Waals surface area contributed by atoms with E-state index in [0.717, 1.165) is 5.56 Å². The molecule has 1 aromatic carbocycles. The summed E-state index contributed by atoms with van der Waals surface area (Å²) in [6.45, 7) is 2.02. The molecule has 1 aromatic rings. The second-order valence-electron chi connectivity index (χ2n) is 2.77. The van der Waals surface area contributed by atoms with Gasteiger partial charge in [-0.25, -0.2) is 0 Å². The molecule has 13 heavy (non-hydrogen) atoms. The van der Waals surface area contributed by atoms with Gasteiger partial charge in [-0.15, -0.1) is 0 Å². The Kier molecular flexibility index (Phi) is 3.09. The lowest BCUT2D eigenvalue weighted by molar-refractivity contribution is 0.319. The predicted octanol–water partition coefficient (Wildman–Crippen LogP) is 1.75. The average molecular weight is 176 g/mol. The zero-order valence-electron chi connectivity index (χ0n) is 7.44. The van der Waals surface area contributed by atoms with Crippen LogP contribution in [-0.2, 0) is 0 Å². The van der Waals surface area contributed by atoms with Gasteiger partial charge in [-0.2, -0.15) is 0 Å². The Labute approximate surface area is 77.2 Å². The van der Waals surface area contributed by atoms with Gasteiger partial charge in [0.1, 0.15) is 0 Å². The summed E-state index contributed by atoms with van der Waals surface area (Å²) in [5.41, 5.74) is 7.50. The standard InChI is InChI=1S/C10H12N2O/c1-8-2-4-9(5-3-8)6-7-10(11)12-13/h2-7,13H,1H3,(H2,11,12). The van der Waals surface area contributed by atoms with Crippen molar-refractivity contribution in [1.82, 2.24) is 0 Å². The first-order valence-corrected chi connectivity index (χ1v) is 3.94. The molecule has 0 saturated heterocycles. The minimum absolute atomic E-state index is 0.0978. The highest BCUT2D eigenvalue weighted by molar-refractivity contribution is 5.94. The summed E-state index contributed by atoms with van der Waals surface area (Å²) >= 11 is 0. The Morgan fingerprint density at radius 1 is 1.38 bits per heavy atom. The van der Waals surface area contributed by atoms with Crippen LogP contribution in [0, 0.1) is 6.92 Å². The van der Waals surface area contributed by atoms with Crippen molar-refractivity contribution in [3.05, 3.63) is 41.5 Å². The first kappa shape index (κ1) is 9.32. The first-order valence-electron chi connectivity index (χ1n) is 3.94. The van der Waals surface area contributed by atoms with Gasteiger partial charge in [-0.3, -0.25) is 0 Å². The maximum absolute atomic E-state index is 8.27. The molecular weight excluding hydrogens is 164 g/mol.